The predicted octanol–water partition coefficient (Wildman–Crippen LogP) is 3.36. The van der Waals surface area contributed by atoms with Crippen LogP contribution in [0.15, 0.2) is 33.8 Å². The SMILES string of the molecule is CCn1c(SCc2nccn2C(F)F)nc2ccsc2c1=O. The Labute approximate surface area is 132 Å². The molecule has 0 spiro atoms. The number of hydrogen-bond donors (Lipinski definition) is 0. The van der Waals surface area contributed by atoms with Gasteiger partial charge in [0.2, 0.25) is 0 Å². The average molecular weight is 342 g/mol. The van der Waals surface area contributed by atoms with Crippen LogP contribution in [-0.4, -0.2) is 19.1 Å². The Kier molecular flexibility index (Phi) is 4.25. The van der Waals surface area contributed by atoms with E-state index in [-0.39, 0.29) is 17.1 Å². The molecule has 3 rings (SSSR count). The molecule has 3 aromatic heterocycles. The summed E-state index contributed by atoms with van der Waals surface area (Å²) >= 11 is 2.59. The van der Waals surface area contributed by atoms with E-state index in [2.05, 4.69) is 9.97 Å². The van der Waals surface area contributed by atoms with Crippen LogP contribution in [0, 0.1) is 0 Å². The second-order valence-electron chi connectivity index (χ2n) is 4.40. The first-order valence-electron chi connectivity index (χ1n) is 6.52. The zero-order chi connectivity index (χ0) is 15.7. The van der Waals surface area contributed by atoms with Crippen LogP contribution in [-0.2, 0) is 12.3 Å². The van der Waals surface area contributed by atoms with E-state index in [9.17, 15) is 13.6 Å². The number of halogens is 2. The van der Waals surface area contributed by atoms with Crippen molar-refractivity contribution in [2.24, 2.45) is 0 Å². The van der Waals surface area contributed by atoms with Gasteiger partial charge in [-0.05, 0) is 18.4 Å². The summed E-state index contributed by atoms with van der Waals surface area (Å²) in [6.07, 6.45) is 2.58. The molecule has 0 saturated carbocycles. The summed E-state index contributed by atoms with van der Waals surface area (Å²) in [7, 11) is 0. The monoisotopic (exact) mass is 342 g/mol. The van der Waals surface area contributed by atoms with Crippen molar-refractivity contribution >= 4 is 33.3 Å². The molecule has 0 bridgehead atoms. The van der Waals surface area contributed by atoms with E-state index in [0.29, 0.717) is 21.9 Å². The summed E-state index contributed by atoms with van der Waals surface area (Å²) in [5, 5.41) is 2.33. The third-order valence-corrected chi connectivity index (χ3v) is 5.00. The normalized spacial score (nSPS) is 11.6. The summed E-state index contributed by atoms with van der Waals surface area (Å²) in [6, 6.07) is 1.78. The molecule has 5 nitrogen and oxygen atoms in total. The zero-order valence-electron chi connectivity index (χ0n) is 11.6. The Hall–Kier alpha value is -1.74. The number of aromatic nitrogens is 4. The van der Waals surface area contributed by atoms with Crippen LogP contribution in [0.5, 0.6) is 0 Å². The van der Waals surface area contributed by atoms with Crippen molar-refractivity contribution in [2.75, 3.05) is 0 Å². The molecule has 0 aromatic carbocycles. The quantitative estimate of drug-likeness (QED) is 0.527. The maximum absolute atomic E-state index is 12.8. The van der Waals surface area contributed by atoms with Crippen LogP contribution in [0.2, 0.25) is 0 Å². The standard InChI is InChI=1S/C13H12F2N4OS2/c1-2-18-11(20)10-8(3-6-21-10)17-13(18)22-7-9-16-4-5-19(9)12(14)15/h3-6,12H,2,7H2,1H3. The van der Waals surface area contributed by atoms with E-state index < -0.39 is 6.55 Å². The molecule has 0 N–H and O–H groups in total. The highest BCUT2D eigenvalue weighted by atomic mass is 32.2. The van der Waals surface area contributed by atoms with Crippen LogP contribution in [0.4, 0.5) is 8.78 Å². The highest BCUT2D eigenvalue weighted by Crippen LogP contribution is 2.24. The van der Waals surface area contributed by atoms with Crippen LogP contribution < -0.4 is 5.56 Å². The lowest BCUT2D eigenvalue weighted by atomic mass is 10.5. The topological polar surface area (TPSA) is 52.7 Å². The fraction of sp³-hybridized carbons (Fsp3) is 0.308. The molecule has 0 fully saturated rings. The number of nitrogens with zero attached hydrogens (tertiary/aromatic N) is 4. The van der Waals surface area contributed by atoms with Gasteiger partial charge in [0, 0.05) is 18.9 Å². The second-order valence-corrected chi connectivity index (χ2v) is 6.25. The molecule has 0 unspecified atom stereocenters. The average Bonchev–Trinajstić information content (AvgIpc) is 3.14. The molecule has 3 heterocycles. The van der Waals surface area contributed by atoms with Gasteiger partial charge in [-0.2, -0.15) is 8.78 Å². The van der Waals surface area contributed by atoms with E-state index in [1.54, 1.807) is 10.6 Å². The summed E-state index contributed by atoms with van der Waals surface area (Å²) in [5.74, 6) is 0.474. The maximum Gasteiger partial charge on any atom is 0.319 e. The zero-order valence-corrected chi connectivity index (χ0v) is 13.2. The fourth-order valence-corrected chi connectivity index (χ4v) is 3.87. The molecular weight excluding hydrogens is 330 g/mol. The van der Waals surface area contributed by atoms with Crippen molar-refractivity contribution in [3.05, 3.63) is 40.0 Å². The highest BCUT2D eigenvalue weighted by Gasteiger charge is 2.15. The Morgan fingerprint density at radius 2 is 2.27 bits per heavy atom. The summed E-state index contributed by atoms with van der Waals surface area (Å²) in [5.41, 5.74) is 0.543. The molecular formula is C13H12F2N4OS2. The van der Waals surface area contributed by atoms with Gasteiger partial charge in [-0.15, -0.1) is 11.3 Å². The maximum atomic E-state index is 12.8. The Bertz CT molecular complexity index is 855. The van der Waals surface area contributed by atoms with Gasteiger partial charge >= 0.3 is 6.55 Å². The first kappa shape index (κ1) is 15.2. The van der Waals surface area contributed by atoms with Gasteiger partial charge in [0.15, 0.2) is 5.16 Å². The number of alkyl halides is 2. The molecule has 0 amide bonds. The number of hydrogen-bond acceptors (Lipinski definition) is 5. The number of thiophene rings is 1. The van der Waals surface area contributed by atoms with Crippen molar-refractivity contribution in [3.63, 3.8) is 0 Å². The highest BCUT2D eigenvalue weighted by molar-refractivity contribution is 7.98. The first-order valence-corrected chi connectivity index (χ1v) is 8.39. The molecule has 0 aliphatic heterocycles. The molecule has 116 valence electrons. The lowest BCUT2D eigenvalue weighted by Gasteiger charge is -2.10. The van der Waals surface area contributed by atoms with Gasteiger partial charge in [-0.1, -0.05) is 11.8 Å². The molecule has 0 radical (unpaired) electrons. The molecule has 22 heavy (non-hydrogen) atoms. The van der Waals surface area contributed by atoms with E-state index in [1.165, 1.54) is 35.5 Å². The molecule has 3 aromatic rings. The van der Waals surface area contributed by atoms with E-state index in [4.69, 9.17) is 0 Å². The van der Waals surface area contributed by atoms with Crippen LogP contribution in [0.3, 0.4) is 0 Å². The van der Waals surface area contributed by atoms with Crippen molar-refractivity contribution in [3.8, 4) is 0 Å². The molecule has 0 atom stereocenters. The molecule has 0 aliphatic carbocycles. The molecule has 9 heteroatoms. The third kappa shape index (κ3) is 2.66. The number of imidazole rings is 1. The summed E-state index contributed by atoms with van der Waals surface area (Å²) in [6.45, 7) is -0.295. The lowest BCUT2D eigenvalue weighted by molar-refractivity contribution is 0.0678. The van der Waals surface area contributed by atoms with Crippen LogP contribution in [0.1, 0.15) is 19.3 Å². The van der Waals surface area contributed by atoms with E-state index >= 15 is 0 Å². The first-order chi connectivity index (χ1) is 10.6. The molecule has 0 saturated heterocycles. The minimum absolute atomic E-state index is 0.0952. The Balaban J connectivity index is 1.93. The Morgan fingerprint density at radius 1 is 1.45 bits per heavy atom. The van der Waals surface area contributed by atoms with Crippen molar-refractivity contribution in [1.29, 1.82) is 0 Å². The van der Waals surface area contributed by atoms with Crippen LogP contribution >= 0.6 is 23.1 Å². The van der Waals surface area contributed by atoms with E-state index in [0.717, 1.165) is 4.57 Å². The van der Waals surface area contributed by atoms with Crippen molar-refractivity contribution < 1.29 is 8.78 Å². The smallest absolute Gasteiger partial charge is 0.287 e. The number of thioether (sulfide) groups is 1. The summed E-state index contributed by atoms with van der Waals surface area (Å²) < 4.78 is 28.6. The fourth-order valence-electron chi connectivity index (χ4n) is 2.07. The second kappa shape index (κ2) is 6.17. The van der Waals surface area contributed by atoms with Crippen molar-refractivity contribution in [1.82, 2.24) is 19.1 Å². The summed E-state index contributed by atoms with van der Waals surface area (Å²) in [4.78, 5) is 20.7. The van der Waals surface area contributed by atoms with Gasteiger partial charge in [-0.25, -0.2) is 9.97 Å². The Morgan fingerprint density at radius 3 is 3.00 bits per heavy atom. The predicted molar refractivity (Wildman–Crippen MR) is 82.6 cm³/mol. The minimum atomic E-state index is -2.63. The van der Waals surface area contributed by atoms with Gasteiger partial charge in [-0.3, -0.25) is 13.9 Å². The number of fused-ring (bicyclic) bond motifs is 1. The van der Waals surface area contributed by atoms with Crippen LogP contribution in [0.25, 0.3) is 10.2 Å². The molecule has 0 aliphatic rings. The van der Waals surface area contributed by atoms with Gasteiger partial charge in [0.05, 0.1) is 11.3 Å². The van der Waals surface area contributed by atoms with Gasteiger partial charge < -0.3 is 0 Å². The minimum Gasteiger partial charge on any atom is -0.287 e. The van der Waals surface area contributed by atoms with Crippen molar-refractivity contribution in [2.45, 2.75) is 30.9 Å². The van der Waals surface area contributed by atoms with E-state index in [1.807, 2.05) is 12.3 Å². The van der Waals surface area contributed by atoms with Gasteiger partial charge in [0.25, 0.3) is 5.56 Å². The number of rotatable bonds is 5. The lowest BCUT2D eigenvalue weighted by Crippen LogP contribution is -2.21. The largest absolute Gasteiger partial charge is 0.319 e. The third-order valence-electron chi connectivity index (χ3n) is 3.14. The van der Waals surface area contributed by atoms with Gasteiger partial charge in [0.1, 0.15) is 10.5 Å².